The number of hydrogen-bond donors (Lipinski definition) is 2. The van der Waals surface area contributed by atoms with E-state index in [9.17, 15) is 4.79 Å². The van der Waals surface area contributed by atoms with Gasteiger partial charge in [-0.3, -0.25) is 4.79 Å². The van der Waals surface area contributed by atoms with Gasteiger partial charge in [-0.1, -0.05) is 29.8 Å². The van der Waals surface area contributed by atoms with Crippen molar-refractivity contribution in [3.05, 3.63) is 65.1 Å². The molecular weight excluding hydrogens is 380 g/mol. The van der Waals surface area contributed by atoms with Crippen LogP contribution in [0.5, 0.6) is 11.5 Å². The van der Waals surface area contributed by atoms with Crippen LogP contribution in [0.3, 0.4) is 0 Å². The van der Waals surface area contributed by atoms with Crippen molar-refractivity contribution in [2.45, 2.75) is 6.92 Å². The molecule has 1 aromatic heterocycles. The summed E-state index contributed by atoms with van der Waals surface area (Å²) in [7, 11) is 3.06. The third-order valence-corrected chi connectivity index (χ3v) is 4.13. The Hall–Kier alpha value is -3.32. The minimum Gasteiger partial charge on any atom is -0.495 e. The van der Waals surface area contributed by atoms with E-state index in [1.807, 2.05) is 18.2 Å². The minimum atomic E-state index is -0.333. The van der Waals surface area contributed by atoms with Crippen molar-refractivity contribution < 1.29 is 14.3 Å². The van der Waals surface area contributed by atoms with E-state index in [-0.39, 0.29) is 11.6 Å². The molecule has 2 aromatic carbocycles. The number of anilines is 3. The normalized spacial score (nSPS) is 10.3. The fourth-order valence-electron chi connectivity index (χ4n) is 2.56. The van der Waals surface area contributed by atoms with E-state index < -0.39 is 0 Å². The van der Waals surface area contributed by atoms with Crippen molar-refractivity contribution >= 4 is 34.7 Å². The molecule has 0 unspecified atom stereocenters. The molecule has 1 amide bonds. The second kappa shape index (κ2) is 8.58. The first kappa shape index (κ1) is 19.4. The summed E-state index contributed by atoms with van der Waals surface area (Å²) in [6, 6.07) is 14.1. The Kier molecular flexibility index (Phi) is 5.96. The summed E-state index contributed by atoms with van der Waals surface area (Å²) in [5, 5.41) is 6.36. The van der Waals surface area contributed by atoms with Crippen molar-refractivity contribution in [2.75, 3.05) is 24.9 Å². The number of hydrogen-bond acceptors (Lipinski definition) is 6. The number of methoxy groups -OCH3 is 2. The van der Waals surface area contributed by atoms with Crippen LogP contribution in [-0.2, 0) is 0 Å². The number of halogens is 1. The summed E-state index contributed by atoms with van der Waals surface area (Å²) in [5.41, 5.74) is 1.51. The molecule has 0 saturated heterocycles. The molecule has 0 spiro atoms. The topological polar surface area (TPSA) is 85.4 Å². The van der Waals surface area contributed by atoms with Gasteiger partial charge in [-0.05, 0) is 19.1 Å². The van der Waals surface area contributed by atoms with Gasteiger partial charge in [0.25, 0.3) is 5.91 Å². The van der Waals surface area contributed by atoms with Gasteiger partial charge in [0.2, 0.25) is 0 Å². The van der Waals surface area contributed by atoms with Crippen LogP contribution < -0.4 is 20.1 Å². The van der Waals surface area contributed by atoms with Gasteiger partial charge < -0.3 is 20.1 Å². The standard InChI is InChI=1S/C20H19ClN4O3/c1-12-22-16(20(26)24-13-7-5-4-6-8-13)11-19(23-12)25-15-10-17(27-2)14(21)9-18(15)28-3/h4-11H,1-3H3,(H,24,26)(H,22,23,25). The number of benzene rings is 2. The lowest BCUT2D eigenvalue weighted by Crippen LogP contribution is -2.15. The number of aryl methyl sites for hydroxylation is 1. The Balaban J connectivity index is 1.89. The predicted molar refractivity (Wildman–Crippen MR) is 109 cm³/mol. The highest BCUT2D eigenvalue weighted by Gasteiger charge is 2.14. The van der Waals surface area contributed by atoms with Crippen molar-refractivity contribution in [3.8, 4) is 11.5 Å². The first-order valence-corrected chi connectivity index (χ1v) is 8.78. The predicted octanol–water partition coefficient (Wildman–Crippen LogP) is 4.45. The Morgan fingerprint density at radius 2 is 1.71 bits per heavy atom. The Morgan fingerprint density at radius 1 is 1.00 bits per heavy atom. The monoisotopic (exact) mass is 398 g/mol. The van der Waals surface area contributed by atoms with Crippen LogP contribution in [0.2, 0.25) is 5.02 Å². The van der Waals surface area contributed by atoms with Crippen LogP contribution in [0.1, 0.15) is 16.3 Å². The molecule has 0 atom stereocenters. The van der Waals surface area contributed by atoms with Gasteiger partial charge in [0.15, 0.2) is 0 Å². The number of carbonyl (C=O) groups is 1. The molecule has 2 N–H and O–H groups in total. The maximum Gasteiger partial charge on any atom is 0.274 e. The van der Waals surface area contributed by atoms with Gasteiger partial charge in [-0.15, -0.1) is 0 Å². The lowest BCUT2D eigenvalue weighted by Gasteiger charge is -2.14. The molecule has 0 aliphatic rings. The van der Waals surface area contributed by atoms with Crippen molar-refractivity contribution in [1.29, 1.82) is 0 Å². The van der Waals surface area contributed by atoms with Gasteiger partial charge >= 0.3 is 0 Å². The molecule has 3 aromatic rings. The molecule has 1 heterocycles. The van der Waals surface area contributed by atoms with E-state index in [4.69, 9.17) is 21.1 Å². The highest BCUT2D eigenvalue weighted by molar-refractivity contribution is 6.32. The highest BCUT2D eigenvalue weighted by Crippen LogP contribution is 2.37. The summed E-state index contributed by atoms with van der Waals surface area (Å²) in [6.45, 7) is 1.71. The number of rotatable bonds is 6. The zero-order valence-corrected chi connectivity index (χ0v) is 16.4. The molecule has 3 rings (SSSR count). The van der Waals surface area contributed by atoms with Gasteiger partial charge in [-0.25, -0.2) is 9.97 Å². The molecule has 0 bridgehead atoms. The highest BCUT2D eigenvalue weighted by atomic mass is 35.5. The molecule has 7 nitrogen and oxygen atoms in total. The number of aromatic nitrogens is 2. The largest absolute Gasteiger partial charge is 0.495 e. The molecule has 0 aliphatic heterocycles. The number of para-hydroxylation sites is 1. The van der Waals surface area contributed by atoms with Crippen LogP contribution >= 0.6 is 11.6 Å². The Bertz CT molecular complexity index is 996. The van der Waals surface area contributed by atoms with E-state index in [0.717, 1.165) is 0 Å². The smallest absolute Gasteiger partial charge is 0.274 e. The maximum absolute atomic E-state index is 12.5. The molecule has 0 radical (unpaired) electrons. The van der Waals surface area contributed by atoms with Gasteiger partial charge in [-0.2, -0.15) is 0 Å². The third-order valence-electron chi connectivity index (χ3n) is 3.84. The number of carbonyl (C=O) groups excluding carboxylic acids is 1. The van der Waals surface area contributed by atoms with Crippen molar-refractivity contribution in [1.82, 2.24) is 9.97 Å². The molecular formula is C20H19ClN4O3. The average Bonchev–Trinajstić information content (AvgIpc) is 2.69. The fraction of sp³-hybridized carbons (Fsp3) is 0.150. The summed E-state index contributed by atoms with van der Waals surface area (Å²) >= 11 is 6.14. The summed E-state index contributed by atoms with van der Waals surface area (Å²) in [5.74, 6) is 1.55. The minimum absolute atomic E-state index is 0.235. The molecule has 8 heteroatoms. The third kappa shape index (κ3) is 4.50. The van der Waals surface area contributed by atoms with Gasteiger partial charge in [0, 0.05) is 23.9 Å². The summed E-state index contributed by atoms with van der Waals surface area (Å²) in [4.78, 5) is 21.1. The molecule has 0 aliphatic carbocycles. The zero-order valence-electron chi connectivity index (χ0n) is 15.6. The van der Waals surface area contributed by atoms with E-state index in [0.29, 0.717) is 39.5 Å². The average molecular weight is 399 g/mol. The Morgan fingerprint density at radius 3 is 2.39 bits per heavy atom. The first-order valence-electron chi connectivity index (χ1n) is 8.41. The maximum atomic E-state index is 12.5. The van der Waals surface area contributed by atoms with Crippen LogP contribution in [0.25, 0.3) is 0 Å². The second-order valence-electron chi connectivity index (χ2n) is 5.82. The van der Waals surface area contributed by atoms with E-state index >= 15 is 0 Å². The van der Waals surface area contributed by atoms with E-state index in [1.54, 1.807) is 37.3 Å². The summed E-state index contributed by atoms with van der Waals surface area (Å²) in [6.07, 6.45) is 0. The lowest BCUT2D eigenvalue weighted by atomic mass is 10.2. The number of nitrogens with zero attached hydrogens (tertiary/aromatic N) is 2. The molecule has 0 fully saturated rings. The quantitative estimate of drug-likeness (QED) is 0.638. The number of nitrogens with one attached hydrogen (secondary N) is 2. The first-order chi connectivity index (χ1) is 13.5. The van der Waals surface area contributed by atoms with E-state index in [1.165, 1.54) is 14.2 Å². The van der Waals surface area contributed by atoms with Crippen LogP contribution in [0, 0.1) is 6.92 Å². The molecule has 144 valence electrons. The second-order valence-corrected chi connectivity index (χ2v) is 6.23. The van der Waals surface area contributed by atoms with Crippen LogP contribution in [0.15, 0.2) is 48.5 Å². The van der Waals surface area contributed by atoms with Gasteiger partial charge in [0.05, 0.1) is 24.9 Å². The molecule has 0 saturated carbocycles. The number of ether oxygens (including phenoxy) is 2. The van der Waals surface area contributed by atoms with Crippen molar-refractivity contribution in [3.63, 3.8) is 0 Å². The van der Waals surface area contributed by atoms with E-state index in [2.05, 4.69) is 20.6 Å². The van der Waals surface area contributed by atoms with Gasteiger partial charge in [0.1, 0.15) is 28.8 Å². The summed E-state index contributed by atoms with van der Waals surface area (Å²) < 4.78 is 10.6. The lowest BCUT2D eigenvalue weighted by molar-refractivity contribution is 0.102. The SMILES string of the molecule is COc1cc(Nc2cc(C(=O)Nc3ccccc3)nc(C)n2)c(OC)cc1Cl. The number of amides is 1. The zero-order chi connectivity index (χ0) is 20.1. The Labute approximate surface area is 167 Å². The van der Waals surface area contributed by atoms with Crippen LogP contribution in [-0.4, -0.2) is 30.1 Å². The fourth-order valence-corrected chi connectivity index (χ4v) is 2.79. The van der Waals surface area contributed by atoms with Crippen molar-refractivity contribution in [2.24, 2.45) is 0 Å². The van der Waals surface area contributed by atoms with Crippen LogP contribution in [0.4, 0.5) is 17.2 Å². The molecule has 28 heavy (non-hydrogen) atoms.